The van der Waals surface area contributed by atoms with Gasteiger partial charge in [0.1, 0.15) is 0 Å². The Kier molecular flexibility index (Phi) is 1.97. The topological polar surface area (TPSA) is 35.6 Å². The average Bonchev–Trinajstić information content (AvgIpc) is 2.17. The second-order valence-corrected chi connectivity index (χ2v) is 2.84. The Morgan fingerprint density at radius 1 is 1.64 bits per heavy atom. The quantitative estimate of drug-likeness (QED) is 0.531. The fourth-order valence-corrected chi connectivity index (χ4v) is 0.938. The van der Waals surface area contributed by atoms with E-state index in [1.165, 1.54) is 5.12 Å². The Morgan fingerprint density at radius 2 is 2.18 bits per heavy atom. The normalized spacial score (nSPS) is 25.5. The molecule has 11 heavy (non-hydrogen) atoms. The molecule has 1 heterocycles. The number of carbonyl (C=O) groups excluding carboxylic acids is 1. The Hall–Kier alpha value is -0.870. The Morgan fingerprint density at radius 3 is 2.36 bits per heavy atom. The smallest absolute Gasteiger partial charge is 0.266 e. The molecule has 4 heteroatoms. The molecule has 1 fully saturated rings. The highest BCUT2D eigenvalue weighted by molar-refractivity contribution is 5.95. The van der Waals surface area contributed by atoms with Crippen molar-refractivity contribution in [3.8, 4) is 0 Å². The second-order valence-electron chi connectivity index (χ2n) is 2.84. The molecule has 4 nitrogen and oxygen atoms in total. The van der Waals surface area contributed by atoms with Crippen LogP contribution >= 0.6 is 0 Å². The summed E-state index contributed by atoms with van der Waals surface area (Å²) in [5, 5.41) is 3.14. The fourth-order valence-electron chi connectivity index (χ4n) is 0.938. The zero-order valence-electron chi connectivity index (χ0n) is 7.09. The van der Waals surface area contributed by atoms with Crippen LogP contribution in [0.25, 0.3) is 0 Å². The van der Waals surface area contributed by atoms with Crippen LogP contribution in [0.1, 0.15) is 6.92 Å². The molecule has 0 aromatic rings. The van der Waals surface area contributed by atoms with E-state index in [9.17, 15) is 4.79 Å². The summed E-state index contributed by atoms with van der Waals surface area (Å²) in [6.45, 7) is 5.57. The van der Waals surface area contributed by atoms with Gasteiger partial charge in [-0.1, -0.05) is 6.58 Å². The minimum atomic E-state index is -0.0532. The van der Waals surface area contributed by atoms with Crippen LogP contribution in [-0.4, -0.2) is 36.2 Å². The molecule has 1 aliphatic rings. The van der Waals surface area contributed by atoms with Gasteiger partial charge in [0.25, 0.3) is 5.91 Å². The maximum absolute atomic E-state index is 11.3. The Labute approximate surface area is 66.4 Å². The number of nitrogens with zero attached hydrogens (tertiary/aromatic N) is 2. The first-order valence-corrected chi connectivity index (χ1v) is 3.50. The molecule has 1 rings (SSSR count). The third-order valence-electron chi connectivity index (χ3n) is 1.71. The number of carbonyl (C=O) groups is 1. The first-order valence-electron chi connectivity index (χ1n) is 3.50. The molecule has 1 aliphatic heterocycles. The molecule has 0 aromatic heterocycles. The van der Waals surface area contributed by atoms with Gasteiger partial charge in [0, 0.05) is 19.7 Å². The molecular formula is C7H13N3O. The Bertz CT molecular complexity index is 200. The summed E-state index contributed by atoms with van der Waals surface area (Å²) in [6, 6.07) is 0.0462. The summed E-state index contributed by atoms with van der Waals surface area (Å²) in [7, 11) is 3.60. The van der Waals surface area contributed by atoms with Crippen LogP contribution in [0.5, 0.6) is 0 Å². The van der Waals surface area contributed by atoms with Crippen molar-refractivity contribution in [1.29, 1.82) is 0 Å². The largest absolute Gasteiger partial charge is 0.279 e. The molecule has 62 valence electrons. The lowest BCUT2D eigenvalue weighted by molar-refractivity contribution is -0.142. The standard InChI is InChI=1S/C7H13N3O/c1-5-6(2)8-10(7(5)11)9(3)4/h6,8H,1H2,2-4H3. The number of hydrogen-bond acceptors (Lipinski definition) is 3. The number of hydrogen-bond donors (Lipinski definition) is 1. The van der Waals surface area contributed by atoms with Crippen LogP contribution in [0.2, 0.25) is 0 Å². The van der Waals surface area contributed by atoms with Crippen molar-refractivity contribution < 1.29 is 4.79 Å². The molecule has 1 atom stereocenters. The highest BCUT2D eigenvalue weighted by Crippen LogP contribution is 2.12. The Balaban J connectivity index is 2.75. The molecule has 0 saturated carbocycles. The van der Waals surface area contributed by atoms with Crippen LogP contribution in [0.15, 0.2) is 12.2 Å². The van der Waals surface area contributed by atoms with Crippen LogP contribution in [0, 0.1) is 0 Å². The lowest BCUT2D eigenvalue weighted by Crippen LogP contribution is -2.46. The van der Waals surface area contributed by atoms with E-state index in [0.717, 1.165) is 0 Å². The maximum atomic E-state index is 11.3. The summed E-state index contributed by atoms with van der Waals surface area (Å²) in [5.74, 6) is -0.0532. The molecular weight excluding hydrogens is 142 g/mol. The summed E-state index contributed by atoms with van der Waals surface area (Å²) in [6.07, 6.45) is 0. The molecule has 0 aromatic carbocycles. The lowest BCUT2D eigenvalue weighted by atomic mass is 10.2. The van der Waals surface area contributed by atoms with Crippen molar-refractivity contribution in [3.63, 3.8) is 0 Å². The first kappa shape index (κ1) is 8.23. The van der Waals surface area contributed by atoms with Crippen LogP contribution in [-0.2, 0) is 4.79 Å². The van der Waals surface area contributed by atoms with Gasteiger partial charge in [-0.3, -0.25) is 4.79 Å². The van der Waals surface area contributed by atoms with Gasteiger partial charge in [-0.15, -0.1) is 0 Å². The molecule has 0 spiro atoms. The van der Waals surface area contributed by atoms with Gasteiger partial charge in [-0.05, 0) is 6.92 Å². The zero-order valence-corrected chi connectivity index (χ0v) is 7.09. The van der Waals surface area contributed by atoms with Crippen LogP contribution in [0.4, 0.5) is 0 Å². The van der Waals surface area contributed by atoms with E-state index in [4.69, 9.17) is 0 Å². The highest BCUT2D eigenvalue weighted by atomic mass is 16.2. The number of nitrogens with one attached hydrogen (secondary N) is 1. The molecule has 0 bridgehead atoms. The average molecular weight is 155 g/mol. The molecule has 1 N–H and O–H groups in total. The number of hydrazine groups is 2. The van der Waals surface area contributed by atoms with Gasteiger partial charge in [0.2, 0.25) is 0 Å². The van der Waals surface area contributed by atoms with Crippen molar-refractivity contribution in [2.24, 2.45) is 0 Å². The van der Waals surface area contributed by atoms with Crippen molar-refractivity contribution in [2.75, 3.05) is 14.1 Å². The fraction of sp³-hybridized carbons (Fsp3) is 0.571. The van der Waals surface area contributed by atoms with E-state index < -0.39 is 0 Å². The van der Waals surface area contributed by atoms with Gasteiger partial charge >= 0.3 is 0 Å². The van der Waals surface area contributed by atoms with Crippen molar-refractivity contribution in [1.82, 2.24) is 15.6 Å². The molecule has 1 saturated heterocycles. The molecule has 0 radical (unpaired) electrons. The van der Waals surface area contributed by atoms with E-state index >= 15 is 0 Å². The SMILES string of the molecule is C=C1C(=O)N(N(C)C)NC1C. The predicted molar refractivity (Wildman–Crippen MR) is 42.3 cm³/mol. The highest BCUT2D eigenvalue weighted by Gasteiger charge is 2.31. The monoisotopic (exact) mass is 155 g/mol. The van der Waals surface area contributed by atoms with Crippen molar-refractivity contribution in [2.45, 2.75) is 13.0 Å². The zero-order chi connectivity index (χ0) is 8.59. The molecule has 1 unspecified atom stereocenters. The van der Waals surface area contributed by atoms with E-state index in [0.29, 0.717) is 5.57 Å². The van der Waals surface area contributed by atoms with Gasteiger partial charge in [0.15, 0.2) is 0 Å². The second kappa shape index (κ2) is 2.64. The van der Waals surface area contributed by atoms with Gasteiger partial charge in [0.05, 0.1) is 6.04 Å². The molecule has 0 aliphatic carbocycles. The van der Waals surface area contributed by atoms with Crippen molar-refractivity contribution >= 4 is 5.91 Å². The van der Waals surface area contributed by atoms with E-state index in [1.807, 2.05) is 6.92 Å². The van der Waals surface area contributed by atoms with E-state index in [-0.39, 0.29) is 11.9 Å². The van der Waals surface area contributed by atoms with Gasteiger partial charge in [-0.25, -0.2) is 15.6 Å². The minimum absolute atomic E-state index is 0.0462. The third-order valence-corrected chi connectivity index (χ3v) is 1.71. The first-order chi connectivity index (χ1) is 5.04. The van der Waals surface area contributed by atoms with Crippen LogP contribution < -0.4 is 5.43 Å². The molecule has 1 amide bonds. The predicted octanol–water partition coefficient (Wildman–Crippen LogP) is -0.246. The maximum Gasteiger partial charge on any atom is 0.279 e. The summed E-state index contributed by atoms with van der Waals surface area (Å²) >= 11 is 0. The van der Waals surface area contributed by atoms with Crippen molar-refractivity contribution in [3.05, 3.63) is 12.2 Å². The van der Waals surface area contributed by atoms with E-state index in [2.05, 4.69) is 12.0 Å². The van der Waals surface area contributed by atoms with E-state index in [1.54, 1.807) is 19.1 Å². The lowest BCUT2D eigenvalue weighted by Gasteiger charge is -2.22. The number of rotatable bonds is 1. The third kappa shape index (κ3) is 1.27. The number of amides is 1. The summed E-state index contributed by atoms with van der Waals surface area (Å²) in [4.78, 5) is 11.3. The van der Waals surface area contributed by atoms with Gasteiger partial charge in [-0.2, -0.15) is 0 Å². The minimum Gasteiger partial charge on any atom is -0.266 e. The summed E-state index contributed by atoms with van der Waals surface area (Å²) < 4.78 is 0. The summed E-state index contributed by atoms with van der Waals surface area (Å²) in [5.41, 5.74) is 3.57. The van der Waals surface area contributed by atoms with Gasteiger partial charge < -0.3 is 0 Å². The van der Waals surface area contributed by atoms with Crippen LogP contribution in [0.3, 0.4) is 0 Å².